The fourth-order valence-electron chi connectivity index (χ4n) is 3.34. The van der Waals surface area contributed by atoms with Gasteiger partial charge in [0.15, 0.2) is 11.5 Å². The minimum atomic E-state index is -0.986. The molecule has 24 heavy (non-hydrogen) atoms. The third-order valence-corrected chi connectivity index (χ3v) is 4.70. The standard InChI is InChI=1S/C18H28N2O4/c1-19(2)14-7-5-6-10-20(12-14)11-13-8-9-15(23-3)17(24-4)16(13)18(21)22/h8-9,14H,5-7,10-12H2,1-4H3,(H,21,22). The molecule has 1 aromatic carbocycles. The predicted molar refractivity (Wildman–Crippen MR) is 93.1 cm³/mol. The number of hydrogen-bond donors (Lipinski definition) is 1. The molecule has 1 fully saturated rings. The zero-order chi connectivity index (χ0) is 17.7. The lowest BCUT2D eigenvalue weighted by molar-refractivity contribution is 0.0689. The Bertz CT molecular complexity index is 574. The monoisotopic (exact) mass is 336 g/mol. The van der Waals surface area contributed by atoms with Crippen molar-refractivity contribution in [2.24, 2.45) is 0 Å². The topological polar surface area (TPSA) is 62.2 Å². The maximum Gasteiger partial charge on any atom is 0.339 e. The Hall–Kier alpha value is -1.79. The van der Waals surface area contributed by atoms with Crippen LogP contribution in [0, 0.1) is 0 Å². The maximum absolute atomic E-state index is 11.8. The van der Waals surface area contributed by atoms with Crippen LogP contribution < -0.4 is 9.47 Å². The summed E-state index contributed by atoms with van der Waals surface area (Å²) in [6.07, 6.45) is 3.53. The lowest BCUT2D eigenvalue weighted by Gasteiger charge is -2.29. The lowest BCUT2D eigenvalue weighted by atomic mass is 10.0. The second kappa shape index (κ2) is 8.35. The molecule has 0 bridgehead atoms. The molecule has 1 atom stereocenters. The van der Waals surface area contributed by atoms with E-state index < -0.39 is 5.97 Å². The Labute approximate surface area is 144 Å². The van der Waals surface area contributed by atoms with Crippen LogP contribution in [0.25, 0.3) is 0 Å². The minimum Gasteiger partial charge on any atom is -0.493 e. The number of carboxylic acid groups (broad SMARTS) is 1. The normalized spacial score (nSPS) is 19.1. The number of rotatable bonds is 6. The van der Waals surface area contributed by atoms with Crippen molar-refractivity contribution in [3.05, 3.63) is 23.3 Å². The summed E-state index contributed by atoms with van der Waals surface area (Å²) < 4.78 is 10.5. The highest BCUT2D eigenvalue weighted by molar-refractivity contribution is 5.93. The molecule has 0 aromatic heterocycles. The van der Waals surface area contributed by atoms with Crippen LogP contribution in [0.2, 0.25) is 0 Å². The van der Waals surface area contributed by atoms with Crippen LogP contribution >= 0.6 is 0 Å². The summed E-state index contributed by atoms with van der Waals surface area (Å²) in [6, 6.07) is 4.11. The van der Waals surface area contributed by atoms with E-state index in [0.717, 1.165) is 25.1 Å². The number of likely N-dealkylation sites (N-methyl/N-ethyl adjacent to an activating group) is 1. The van der Waals surface area contributed by atoms with Crippen LogP contribution in [0.1, 0.15) is 35.2 Å². The molecule has 0 spiro atoms. The van der Waals surface area contributed by atoms with Gasteiger partial charge in [-0.05, 0) is 45.1 Å². The zero-order valence-electron chi connectivity index (χ0n) is 15.0. The zero-order valence-corrected chi connectivity index (χ0v) is 15.0. The molecule has 1 aliphatic heterocycles. The molecule has 0 aliphatic carbocycles. The number of carboxylic acids is 1. The van der Waals surface area contributed by atoms with E-state index in [-0.39, 0.29) is 5.56 Å². The Morgan fingerprint density at radius 3 is 2.62 bits per heavy atom. The van der Waals surface area contributed by atoms with E-state index in [2.05, 4.69) is 23.9 Å². The smallest absolute Gasteiger partial charge is 0.339 e. The van der Waals surface area contributed by atoms with Gasteiger partial charge in [-0.2, -0.15) is 0 Å². The molecule has 6 nitrogen and oxygen atoms in total. The summed E-state index contributed by atoms with van der Waals surface area (Å²) >= 11 is 0. The van der Waals surface area contributed by atoms with Crippen LogP contribution in [0.3, 0.4) is 0 Å². The van der Waals surface area contributed by atoms with Crippen molar-refractivity contribution in [3.63, 3.8) is 0 Å². The van der Waals surface area contributed by atoms with E-state index in [1.165, 1.54) is 27.1 Å². The van der Waals surface area contributed by atoms with Crippen molar-refractivity contribution >= 4 is 5.97 Å². The molecule has 1 aliphatic rings. The van der Waals surface area contributed by atoms with Gasteiger partial charge >= 0.3 is 5.97 Å². The van der Waals surface area contributed by atoms with E-state index in [0.29, 0.717) is 24.1 Å². The molecular formula is C18H28N2O4. The van der Waals surface area contributed by atoms with E-state index >= 15 is 0 Å². The van der Waals surface area contributed by atoms with Crippen molar-refractivity contribution in [3.8, 4) is 11.5 Å². The van der Waals surface area contributed by atoms with Crippen LogP contribution in [-0.4, -0.2) is 68.3 Å². The van der Waals surface area contributed by atoms with Gasteiger partial charge in [-0.3, -0.25) is 4.90 Å². The number of nitrogens with zero attached hydrogens (tertiary/aromatic N) is 2. The van der Waals surface area contributed by atoms with Crippen LogP contribution in [0.15, 0.2) is 12.1 Å². The lowest BCUT2D eigenvalue weighted by Crippen LogP contribution is -2.38. The molecule has 1 saturated heterocycles. The first kappa shape index (κ1) is 18.5. The highest BCUT2D eigenvalue weighted by atomic mass is 16.5. The van der Waals surface area contributed by atoms with Crippen molar-refractivity contribution in [2.75, 3.05) is 41.4 Å². The summed E-state index contributed by atoms with van der Waals surface area (Å²) in [5.41, 5.74) is 0.960. The average Bonchev–Trinajstić information content (AvgIpc) is 2.79. The molecule has 0 saturated carbocycles. The molecule has 1 aromatic rings. The number of carbonyl (C=O) groups is 1. The Balaban J connectivity index is 2.29. The van der Waals surface area contributed by atoms with Gasteiger partial charge in [0.25, 0.3) is 0 Å². The first-order valence-corrected chi connectivity index (χ1v) is 8.33. The number of aromatic carboxylic acids is 1. The molecule has 1 heterocycles. The van der Waals surface area contributed by atoms with Crippen molar-refractivity contribution < 1.29 is 19.4 Å². The first-order valence-electron chi connectivity index (χ1n) is 8.33. The van der Waals surface area contributed by atoms with E-state index in [4.69, 9.17) is 9.47 Å². The molecular weight excluding hydrogens is 308 g/mol. The molecule has 2 rings (SSSR count). The average molecular weight is 336 g/mol. The van der Waals surface area contributed by atoms with Crippen molar-refractivity contribution in [2.45, 2.75) is 31.8 Å². The molecule has 1 unspecified atom stereocenters. The van der Waals surface area contributed by atoms with Gasteiger partial charge in [-0.15, -0.1) is 0 Å². The van der Waals surface area contributed by atoms with Crippen molar-refractivity contribution in [1.82, 2.24) is 9.80 Å². The van der Waals surface area contributed by atoms with Crippen LogP contribution in [-0.2, 0) is 6.54 Å². The first-order chi connectivity index (χ1) is 11.5. The summed E-state index contributed by atoms with van der Waals surface area (Å²) in [7, 11) is 7.20. The molecule has 6 heteroatoms. The molecule has 1 N–H and O–H groups in total. The van der Waals surface area contributed by atoms with Gasteiger partial charge in [0.05, 0.1) is 14.2 Å². The van der Waals surface area contributed by atoms with Gasteiger partial charge < -0.3 is 19.5 Å². The van der Waals surface area contributed by atoms with Crippen LogP contribution in [0.5, 0.6) is 11.5 Å². The summed E-state index contributed by atoms with van der Waals surface area (Å²) in [6.45, 7) is 2.53. The number of benzene rings is 1. The highest BCUT2D eigenvalue weighted by Gasteiger charge is 2.24. The number of likely N-dealkylation sites (tertiary alicyclic amines) is 1. The maximum atomic E-state index is 11.8. The third kappa shape index (κ3) is 4.19. The Kier molecular flexibility index (Phi) is 6.45. The van der Waals surface area contributed by atoms with E-state index in [9.17, 15) is 9.90 Å². The third-order valence-electron chi connectivity index (χ3n) is 4.70. The predicted octanol–water partition coefficient (Wildman–Crippen LogP) is 2.32. The minimum absolute atomic E-state index is 0.197. The number of ether oxygens (including phenoxy) is 2. The fraction of sp³-hybridized carbons (Fsp3) is 0.611. The van der Waals surface area contributed by atoms with E-state index in [1.54, 1.807) is 6.07 Å². The molecule has 0 amide bonds. The summed E-state index contributed by atoms with van der Waals surface area (Å²) in [5, 5.41) is 9.66. The van der Waals surface area contributed by atoms with Gasteiger partial charge in [-0.25, -0.2) is 4.79 Å². The van der Waals surface area contributed by atoms with Gasteiger partial charge in [-0.1, -0.05) is 12.5 Å². The van der Waals surface area contributed by atoms with Crippen molar-refractivity contribution in [1.29, 1.82) is 0 Å². The summed E-state index contributed by atoms with van der Waals surface area (Å²) in [5.74, 6) is -0.248. The Morgan fingerprint density at radius 1 is 1.29 bits per heavy atom. The molecule has 134 valence electrons. The van der Waals surface area contributed by atoms with Gasteiger partial charge in [0.2, 0.25) is 0 Å². The summed E-state index contributed by atoms with van der Waals surface area (Å²) in [4.78, 5) is 16.4. The largest absolute Gasteiger partial charge is 0.493 e. The second-order valence-electron chi connectivity index (χ2n) is 6.49. The number of methoxy groups -OCH3 is 2. The Morgan fingerprint density at radius 2 is 2.04 bits per heavy atom. The van der Waals surface area contributed by atoms with Gasteiger partial charge in [0, 0.05) is 19.1 Å². The SMILES string of the molecule is COc1ccc(CN2CCCCC(N(C)C)C2)c(C(=O)O)c1OC. The fourth-order valence-corrected chi connectivity index (χ4v) is 3.34. The van der Waals surface area contributed by atoms with Crippen LogP contribution in [0.4, 0.5) is 0 Å². The van der Waals surface area contributed by atoms with Gasteiger partial charge in [0.1, 0.15) is 5.56 Å². The number of hydrogen-bond acceptors (Lipinski definition) is 5. The van der Waals surface area contributed by atoms with E-state index in [1.807, 2.05) is 6.07 Å². The second-order valence-corrected chi connectivity index (χ2v) is 6.49. The highest BCUT2D eigenvalue weighted by Crippen LogP contribution is 2.34. The quantitative estimate of drug-likeness (QED) is 0.860. The molecule has 0 radical (unpaired) electrons.